The molecule has 3 aromatic heterocycles. The first-order valence-electron chi connectivity index (χ1n) is 17.2. The van der Waals surface area contributed by atoms with E-state index in [1.165, 1.54) is 0 Å². The molecule has 0 bridgehead atoms. The number of fused-ring (bicyclic) bond motifs is 12. The van der Waals surface area contributed by atoms with E-state index in [1.807, 2.05) is 90.5 Å². The molecule has 1 aliphatic heterocycles. The van der Waals surface area contributed by atoms with Crippen LogP contribution in [0.15, 0.2) is 128 Å². The molecule has 0 fully saturated rings. The molecule has 1 unspecified atom stereocenters. The van der Waals surface area contributed by atoms with E-state index in [0.29, 0.717) is 22.7 Å². The van der Waals surface area contributed by atoms with Gasteiger partial charge in [-0.1, -0.05) is 77.9 Å². The number of para-hydroxylation sites is 2. The van der Waals surface area contributed by atoms with Crippen molar-refractivity contribution in [3.05, 3.63) is 185 Å². The van der Waals surface area contributed by atoms with E-state index in [-0.39, 0.29) is 21.1 Å². The second kappa shape index (κ2) is 11.6. The van der Waals surface area contributed by atoms with Crippen molar-refractivity contribution in [1.82, 2.24) is 14.1 Å². The van der Waals surface area contributed by atoms with Crippen LogP contribution >= 0.6 is 0 Å². The van der Waals surface area contributed by atoms with Crippen LogP contribution < -0.4 is 9.30 Å². The molecule has 1 atom stereocenters. The second-order valence-electron chi connectivity index (χ2n) is 13.4. The van der Waals surface area contributed by atoms with Crippen molar-refractivity contribution in [3.63, 3.8) is 0 Å². The number of aromatic nitrogens is 4. The maximum Gasteiger partial charge on any atom is 0.242 e. The van der Waals surface area contributed by atoms with Crippen molar-refractivity contribution in [2.24, 2.45) is 7.05 Å². The van der Waals surface area contributed by atoms with Crippen LogP contribution in [0, 0.1) is 36.4 Å². The van der Waals surface area contributed by atoms with Crippen molar-refractivity contribution in [1.29, 1.82) is 5.26 Å². The number of hydrogen-bond donors (Lipinski definition) is 0. The van der Waals surface area contributed by atoms with Gasteiger partial charge in [-0.25, -0.2) is 9.83 Å². The predicted octanol–water partition coefficient (Wildman–Crippen LogP) is 9.24. The fraction of sp³-hybridized carbons (Fsp3) is 0.0435. The first-order chi connectivity index (χ1) is 26.1. The molecular weight excluding hydrogens is 848 g/mol. The summed E-state index contributed by atoms with van der Waals surface area (Å²) in [4.78, 5) is 8.51. The number of nitrogens with zero attached hydrogens (tertiary/aromatic N) is 6. The van der Waals surface area contributed by atoms with Crippen LogP contribution in [0.3, 0.4) is 0 Å². The molecule has 11 rings (SSSR count). The minimum Gasteiger partial charge on any atom is -0.510 e. The monoisotopic (exact) mass is 871 g/mol. The maximum atomic E-state index is 10.1. The molecule has 2 aliphatic rings. The Morgan fingerprint density at radius 2 is 1.59 bits per heavy atom. The molecule has 0 N–H and O–H groups in total. The van der Waals surface area contributed by atoms with Gasteiger partial charge in [0, 0.05) is 49.7 Å². The first-order valence-corrected chi connectivity index (χ1v) is 17.2. The third-order valence-corrected chi connectivity index (χ3v) is 10.8. The number of hydrogen-bond acceptors (Lipinski definition) is 3. The fourth-order valence-electron chi connectivity index (χ4n) is 8.71. The Labute approximate surface area is 324 Å². The van der Waals surface area contributed by atoms with E-state index >= 15 is 0 Å². The van der Waals surface area contributed by atoms with Gasteiger partial charge in [-0.2, -0.15) is 17.4 Å². The summed E-state index contributed by atoms with van der Waals surface area (Å²) in [6, 6.07) is 50.0. The summed E-state index contributed by atoms with van der Waals surface area (Å²) < 4.78 is 12.8. The molecule has 4 heterocycles. The number of benzene rings is 6. The first kappa shape index (κ1) is 31.9. The number of pyridine rings is 1. The fourth-order valence-corrected chi connectivity index (χ4v) is 8.71. The molecule has 1 spiro atoms. The molecule has 7 nitrogen and oxygen atoms in total. The topological polar surface area (TPSA) is 64.0 Å². The number of imidazole rings is 1. The summed E-state index contributed by atoms with van der Waals surface area (Å²) in [5.74, 6) is 1.87. The largest absolute Gasteiger partial charge is 0.510 e. The Morgan fingerprint density at radius 1 is 0.796 bits per heavy atom. The van der Waals surface area contributed by atoms with Crippen LogP contribution in [-0.4, -0.2) is 14.1 Å². The maximum absolute atomic E-state index is 10.1. The van der Waals surface area contributed by atoms with Gasteiger partial charge in [-0.15, -0.1) is 35.2 Å². The van der Waals surface area contributed by atoms with E-state index in [9.17, 15) is 5.26 Å². The van der Waals surface area contributed by atoms with Crippen LogP contribution in [0.25, 0.3) is 60.3 Å². The zero-order valence-corrected chi connectivity index (χ0v) is 30.8. The Balaban J connectivity index is 0.00000361. The van der Waals surface area contributed by atoms with Crippen molar-refractivity contribution in [2.75, 3.05) is 0 Å². The van der Waals surface area contributed by atoms with Gasteiger partial charge in [0.2, 0.25) is 6.33 Å². The van der Waals surface area contributed by atoms with Gasteiger partial charge in [-0.3, -0.25) is 0 Å². The van der Waals surface area contributed by atoms with Crippen molar-refractivity contribution in [2.45, 2.75) is 5.41 Å². The zero-order valence-electron chi connectivity index (χ0n) is 28.5. The standard InChI is InChI=1S/C46H24N6O.Pt/c1-48-29-14-18-33-32-17-13-28(26-47)22-38(32)46(39(33)23-29)36-20-16-31(25-43(36)51-27-50(2)41-11-7-9-37(46)45(41)51)53-30-15-19-35-34-8-3-4-10-40(34)52(42(35)24-30)44-12-5-6-21-49-44;/h3-23H,2H3;/q-2;. The normalized spacial score (nSPS) is 14.6. The molecule has 0 amide bonds. The average Bonchev–Trinajstić information content (AvgIpc) is 3.82. The summed E-state index contributed by atoms with van der Waals surface area (Å²) in [5.41, 5.74) is 11.1. The van der Waals surface area contributed by atoms with E-state index in [0.717, 1.165) is 77.7 Å². The number of ether oxygens (including phenoxy) is 1. The smallest absolute Gasteiger partial charge is 0.242 e. The van der Waals surface area contributed by atoms with Crippen LogP contribution in [0.5, 0.6) is 11.5 Å². The summed E-state index contributed by atoms with van der Waals surface area (Å²) in [5, 5.41) is 12.3. The Hall–Kier alpha value is -6.79. The van der Waals surface area contributed by atoms with Gasteiger partial charge < -0.3 is 18.4 Å². The summed E-state index contributed by atoms with van der Waals surface area (Å²) in [7, 11) is 1.99. The predicted molar refractivity (Wildman–Crippen MR) is 201 cm³/mol. The SMILES string of the molecule is [C-]#[N+]c1ccc2c(c1)C1(c3ccc(Oc4[c-]c5c(cc4)c4ccccc4n5-c4ccccn4)[c-]c3-n3[c-][n+](C)c4cccc1c43)c1cc(C#N)ccc1-2.[Pt]. The molecule has 54 heavy (non-hydrogen) atoms. The summed E-state index contributed by atoms with van der Waals surface area (Å²) in [6.45, 7) is 7.93. The van der Waals surface area contributed by atoms with E-state index < -0.39 is 5.41 Å². The number of rotatable bonds is 3. The van der Waals surface area contributed by atoms with Crippen LogP contribution in [0.1, 0.15) is 27.8 Å². The van der Waals surface area contributed by atoms with Crippen LogP contribution in [0.4, 0.5) is 5.69 Å². The Kier molecular flexibility index (Phi) is 6.86. The number of aryl methyl sites for hydroxylation is 1. The van der Waals surface area contributed by atoms with E-state index in [1.54, 1.807) is 6.20 Å². The molecular formula is C46H24N6OPt-2. The van der Waals surface area contributed by atoms with Gasteiger partial charge >= 0.3 is 0 Å². The Bertz CT molecular complexity index is 3080. The summed E-state index contributed by atoms with van der Waals surface area (Å²) in [6.07, 6.45) is 5.33. The Morgan fingerprint density at radius 3 is 2.43 bits per heavy atom. The minimum atomic E-state index is -0.827. The van der Waals surface area contributed by atoms with Gasteiger partial charge in [0.05, 0.1) is 36.3 Å². The third kappa shape index (κ3) is 4.13. The van der Waals surface area contributed by atoms with Crippen molar-refractivity contribution < 1.29 is 30.4 Å². The van der Waals surface area contributed by atoms with Gasteiger partial charge in [-0.05, 0) is 63.5 Å². The molecule has 6 aromatic carbocycles. The van der Waals surface area contributed by atoms with Crippen molar-refractivity contribution in [3.8, 4) is 40.2 Å². The third-order valence-electron chi connectivity index (χ3n) is 10.8. The minimum absolute atomic E-state index is 0. The van der Waals surface area contributed by atoms with Gasteiger partial charge in [0.25, 0.3) is 0 Å². The van der Waals surface area contributed by atoms with Gasteiger partial charge in [0.1, 0.15) is 5.82 Å². The zero-order chi connectivity index (χ0) is 35.4. The van der Waals surface area contributed by atoms with Crippen molar-refractivity contribution >= 4 is 38.5 Å². The molecule has 0 saturated carbocycles. The second-order valence-corrected chi connectivity index (χ2v) is 13.4. The quantitative estimate of drug-likeness (QED) is 0.132. The molecule has 1 aliphatic carbocycles. The van der Waals surface area contributed by atoms with Crippen LogP contribution in [0.2, 0.25) is 0 Å². The number of nitriles is 1. The molecule has 0 saturated heterocycles. The molecule has 256 valence electrons. The molecule has 9 aromatic rings. The molecule has 0 radical (unpaired) electrons. The molecule has 8 heteroatoms. The van der Waals surface area contributed by atoms with Gasteiger partial charge in [0.15, 0.2) is 5.69 Å². The van der Waals surface area contributed by atoms with E-state index in [2.05, 4.69) is 86.0 Å². The average molecular weight is 872 g/mol. The summed E-state index contributed by atoms with van der Waals surface area (Å²) >= 11 is 0. The van der Waals surface area contributed by atoms with Crippen LogP contribution in [-0.2, 0) is 33.5 Å². The van der Waals surface area contributed by atoms with E-state index in [4.69, 9.17) is 11.3 Å².